The van der Waals surface area contributed by atoms with Crippen molar-refractivity contribution in [2.24, 2.45) is 5.92 Å². The molecule has 130 valence electrons. The summed E-state index contributed by atoms with van der Waals surface area (Å²) in [6, 6.07) is 8.11. The van der Waals surface area contributed by atoms with Crippen molar-refractivity contribution in [2.75, 3.05) is 33.0 Å². The molecule has 1 aromatic carbocycles. The molecule has 2 fully saturated rings. The summed E-state index contributed by atoms with van der Waals surface area (Å²) >= 11 is 0. The summed E-state index contributed by atoms with van der Waals surface area (Å²) in [6.45, 7) is 4.06. The molecule has 5 nitrogen and oxygen atoms in total. The lowest BCUT2D eigenvalue weighted by molar-refractivity contribution is -0.143. The molecule has 0 atom stereocenters. The van der Waals surface area contributed by atoms with Gasteiger partial charge in [0.1, 0.15) is 11.4 Å². The van der Waals surface area contributed by atoms with E-state index in [9.17, 15) is 4.79 Å². The molecular formula is C19H25NO4. The van der Waals surface area contributed by atoms with E-state index >= 15 is 0 Å². The van der Waals surface area contributed by atoms with E-state index in [4.69, 9.17) is 14.2 Å². The molecule has 0 radical (unpaired) electrons. The van der Waals surface area contributed by atoms with Gasteiger partial charge in [-0.15, -0.1) is 0 Å². The van der Waals surface area contributed by atoms with Crippen LogP contribution in [0.1, 0.15) is 31.2 Å². The number of rotatable bonds is 1. The number of benzene rings is 1. The first-order chi connectivity index (χ1) is 11.8. The molecule has 0 aliphatic carbocycles. The van der Waals surface area contributed by atoms with Crippen LogP contribution in [0.5, 0.6) is 5.75 Å². The second-order valence-electron chi connectivity index (χ2n) is 7.09. The van der Waals surface area contributed by atoms with Crippen molar-refractivity contribution in [3.8, 4) is 5.75 Å². The Balaban J connectivity index is 1.62. The van der Waals surface area contributed by atoms with Crippen LogP contribution in [-0.4, -0.2) is 49.4 Å². The quantitative estimate of drug-likeness (QED) is 0.793. The predicted molar refractivity (Wildman–Crippen MR) is 88.8 cm³/mol. The van der Waals surface area contributed by atoms with Crippen LogP contribution in [0.3, 0.4) is 0 Å². The summed E-state index contributed by atoms with van der Waals surface area (Å²) in [5.41, 5.74) is 0.785. The predicted octanol–water partition coefficient (Wildman–Crippen LogP) is 2.38. The summed E-state index contributed by atoms with van der Waals surface area (Å²) in [5, 5.41) is 0. The molecule has 1 aromatic rings. The first-order valence-electron chi connectivity index (χ1n) is 8.97. The third-order valence-electron chi connectivity index (χ3n) is 5.43. The maximum Gasteiger partial charge on any atom is 0.226 e. The van der Waals surface area contributed by atoms with Crippen LogP contribution < -0.4 is 4.74 Å². The molecule has 5 heteroatoms. The molecule has 1 amide bonds. The maximum absolute atomic E-state index is 13.1. The number of hydrogen-bond donors (Lipinski definition) is 0. The largest absolute Gasteiger partial charge is 0.485 e. The normalized spacial score (nSPS) is 24.1. The van der Waals surface area contributed by atoms with Gasteiger partial charge in [-0.25, -0.2) is 0 Å². The van der Waals surface area contributed by atoms with Gasteiger partial charge in [-0.2, -0.15) is 0 Å². The molecule has 4 rings (SSSR count). The third kappa shape index (κ3) is 3.15. The summed E-state index contributed by atoms with van der Waals surface area (Å²) in [7, 11) is 0. The molecule has 1 spiro atoms. The molecule has 24 heavy (non-hydrogen) atoms. The number of ether oxygens (including phenoxy) is 3. The van der Waals surface area contributed by atoms with E-state index in [0.717, 1.165) is 37.0 Å². The van der Waals surface area contributed by atoms with E-state index < -0.39 is 0 Å². The van der Waals surface area contributed by atoms with Gasteiger partial charge in [0.25, 0.3) is 0 Å². The van der Waals surface area contributed by atoms with E-state index in [1.807, 2.05) is 23.1 Å². The van der Waals surface area contributed by atoms with E-state index in [-0.39, 0.29) is 17.4 Å². The first-order valence-corrected chi connectivity index (χ1v) is 8.97. The van der Waals surface area contributed by atoms with Crippen LogP contribution in [0, 0.1) is 5.92 Å². The molecular weight excluding hydrogens is 306 g/mol. The van der Waals surface area contributed by atoms with Crippen LogP contribution in [0.25, 0.3) is 0 Å². The van der Waals surface area contributed by atoms with Gasteiger partial charge in [-0.1, -0.05) is 18.2 Å². The smallest absolute Gasteiger partial charge is 0.226 e. The Hall–Kier alpha value is -1.59. The Morgan fingerprint density at radius 1 is 1.04 bits per heavy atom. The number of para-hydroxylation sites is 1. The SMILES string of the molecule is O=C(C1CCOCC1)N1Cc2ccccc2OC2(CCOCC2)C1. The Labute approximate surface area is 142 Å². The summed E-state index contributed by atoms with van der Waals surface area (Å²) in [5.74, 6) is 1.26. The lowest BCUT2D eigenvalue weighted by atomic mass is 9.92. The van der Waals surface area contributed by atoms with Crippen LogP contribution in [0.2, 0.25) is 0 Å². The molecule has 0 unspecified atom stereocenters. The Morgan fingerprint density at radius 3 is 2.54 bits per heavy atom. The van der Waals surface area contributed by atoms with Crippen molar-refractivity contribution in [2.45, 2.75) is 37.8 Å². The maximum atomic E-state index is 13.1. The van der Waals surface area contributed by atoms with Crippen molar-refractivity contribution in [1.82, 2.24) is 4.90 Å². The van der Waals surface area contributed by atoms with Crippen LogP contribution >= 0.6 is 0 Å². The average Bonchev–Trinajstić information content (AvgIpc) is 2.79. The minimum Gasteiger partial charge on any atom is -0.485 e. The van der Waals surface area contributed by atoms with E-state index in [0.29, 0.717) is 39.5 Å². The van der Waals surface area contributed by atoms with Gasteiger partial charge in [0.05, 0.1) is 19.8 Å². The zero-order valence-corrected chi connectivity index (χ0v) is 14.0. The second kappa shape index (κ2) is 6.73. The zero-order chi connectivity index (χ0) is 16.4. The lowest BCUT2D eigenvalue weighted by Crippen LogP contribution is -2.52. The first kappa shape index (κ1) is 15.9. The number of nitrogens with zero attached hydrogens (tertiary/aromatic N) is 1. The van der Waals surface area contributed by atoms with E-state index in [1.165, 1.54) is 0 Å². The standard InChI is InChI=1S/C19H25NO4/c21-18(15-5-9-22-10-6-15)20-13-16-3-1-2-4-17(16)24-19(14-20)7-11-23-12-8-19/h1-4,15H,5-14H2. The van der Waals surface area contributed by atoms with Gasteiger partial charge < -0.3 is 19.1 Å². The number of hydrogen-bond acceptors (Lipinski definition) is 4. The number of amides is 1. The Bertz CT molecular complexity index is 591. The van der Waals surface area contributed by atoms with E-state index in [2.05, 4.69) is 6.07 Å². The van der Waals surface area contributed by atoms with Crippen molar-refractivity contribution in [1.29, 1.82) is 0 Å². The van der Waals surface area contributed by atoms with Gasteiger partial charge in [0.15, 0.2) is 0 Å². The van der Waals surface area contributed by atoms with Crippen LogP contribution in [0.15, 0.2) is 24.3 Å². The molecule has 2 saturated heterocycles. The lowest BCUT2D eigenvalue weighted by Gasteiger charge is -2.39. The molecule has 0 bridgehead atoms. The zero-order valence-electron chi connectivity index (χ0n) is 14.0. The van der Waals surface area contributed by atoms with Gasteiger partial charge in [0.2, 0.25) is 5.91 Å². The molecule has 3 heterocycles. The molecule has 0 aromatic heterocycles. The van der Waals surface area contributed by atoms with Gasteiger partial charge in [-0.3, -0.25) is 4.79 Å². The highest BCUT2D eigenvalue weighted by molar-refractivity contribution is 5.79. The fourth-order valence-electron chi connectivity index (χ4n) is 3.97. The van der Waals surface area contributed by atoms with Crippen molar-refractivity contribution in [3.63, 3.8) is 0 Å². The fourth-order valence-corrected chi connectivity index (χ4v) is 3.97. The van der Waals surface area contributed by atoms with Crippen LogP contribution in [-0.2, 0) is 20.8 Å². The number of fused-ring (bicyclic) bond motifs is 1. The highest BCUT2D eigenvalue weighted by atomic mass is 16.5. The highest BCUT2D eigenvalue weighted by Crippen LogP contribution is 2.36. The monoisotopic (exact) mass is 331 g/mol. The highest BCUT2D eigenvalue weighted by Gasteiger charge is 2.41. The van der Waals surface area contributed by atoms with Crippen molar-refractivity contribution >= 4 is 5.91 Å². The number of carbonyl (C=O) groups is 1. The summed E-state index contributed by atoms with van der Waals surface area (Å²) < 4.78 is 17.4. The average molecular weight is 331 g/mol. The van der Waals surface area contributed by atoms with E-state index in [1.54, 1.807) is 0 Å². The molecule has 0 saturated carbocycles. The topological polar surface area (TPSA) is 48.0 Å². The molecule has 0 N–H and O–H groups in total. The Kier molecular flexibility index (Phi) is 4.46. The number of carbonyl (C=O) groups excluding carboxylic acids is 1. The summed E-state index contributed by atoms with van der Waals surface area (Å²) in [6.07, 6.45) is 3.32. The fraction of sp³-hybridized carbons (Fsp3) is 0.632. The van der Waals surface area contributed by atoms with Gasteiger partial charge >= 0.3 is 0 Å². The van der Waals surface area contributed by atoms with Gasteiger partial charge in [0, 0.05) is 44.1 Å². The molecule has 3 aliphatic rings. The summed E-state index contributed by atoms with van der Waals surface area (Å²) in [4.78, 5) is 15.1. The minimum absolute atomic E-state index is 0.0842. The third-order valence-corrected chi connectivity index (χ3v) is 5.43. The van der Waals surface area contributed by atoms with Crippen LogP contribution in [0.4, 0.5) is 0 Å². The second-order valence-corrected chi connectivity index (χ2v) is 7.09. The van der Waals surface area contributed by atoms with Crippen molar-refractivity contribution in [3.05, 3.63) is 29.8 Å². The minimum atomic E-state index is -0.314. The van der Waals surface area contributed by atoms with Gasteiger partial charge in [-0.05, 0) is 18.9 Å². The molecule has 3 aliphatic heterocycles. The van der Waals surface area contributed by atoms with Crippen molar-refractivity contribution < 1.29 is 19.0 Å². The Morgan fingerprint density at radius 2 is 1.75 bits per heavy atom.